The fourth-order valence-corrected chi connectivity index (χ4v) is 3.03. The lowest BCUT2D eigenvalue weighted by molar-refractivity contribution is 0.499. The van der Waals surface area contributed by atoms with Gasteiger partial charge in [0.2, 0.25) is 0 Å². The molecule has 7 heteroatoms. The summed E-state index contributed by atoms with van der Waals surface area (Å²) < 4.78 is 24.0. The number of hydrogen-bond acceptors (Lipinski definition) is 3. The molecule has 1 aromatic rings. The summed E-state index contributed by atoms with van der Waals surface area (Å²) in [5, 5.41) is 0.424. The minimum absolute atomic E-state index is 0.217. The van der Waals surface area contributed by atoms with Gasteiger partial charge in [-0.05, 0) is 44.1 Å². The number of aryl methyl sites for hydroxylation is 1. The summed E-state index contributed by atoms with van der Waals surface area (Å²) >= 11 is 5.14. The van der Waals surface area contributed by atoms with Crippen molar-refractivity contribution in [2.75, 3.05) is 13.1 Å². The van der Waals surface area contributed by atoms with E-state index in [0.717, 1.165) is 31.5 Å². The Kier molecular flexibility index (Phi) is 4.38. The van der Waals surface area contributed by atoms with Gasteiger partial charge in [-0.1, -0.05) is 17.7 Å². The number of rotatable bonds is 3. The number of benzene rings is 1. The molecule has 2 rings (SSSR count). The molecule has 0 atom stereocenters. The molecule has 0 unspecified atom stereocenters. The zero-order chi connectivity index (χ0) is 13.9. The molecule has 1 heterocycles. The third-order valence-electron chi connectivity index (χ3n) is 3.02. The fourth-order valence-electron chi connectivity index (χ4n) is 1.89. The van der Waals surface area contributed by atoms with Crippen LogP contribution in [0, 0.1) is 6.92 Å². The molecule has 0 bridgehead atoms. The first kappa shape index (κ1) is 14.2. The topological polar surface area (TPSA) is 61.4 Å². The molecule has 0 radical (unpaired) electrons. The standard InChI is InChI=1S/C12H17N3O2S2/c1-10-4-6-11(7-5-10)19(16,17)14-13-12(18)15-8-2-3-9-15/h4-7,14H,2-3,8-9H2,1H3,(H,13,18). The van der Waals surface area contributed by atoms with Crippen LogP contribution in [0.25, 0.3) is 0 Å². The van der Waals surface area contributed by atoms with Gasteiger partial charge < -0.3 is 4.90 Å². The van der Waals surface area contributed by atoms with Gasteiger partial charge in [0.25, 0.3) is 10.0 Å². The molecule has 5 nitrogen and oxygen atoms in total. The average Bonchev–Trinajstić information content (AvgIpc) is 2.90. The van der Waals surface area contributed by atoms with Crippen LogP contribution in [0.2, 0.25) is 0 Å². The molecular formula is C12H17N3O2S2. The Balaban J connectivity index is 1.97. The molecule has 1 aliphatic rings. The van der Waals surface area contributed by atoms with E-state index < -0.39 is 10.0 Å². The summed E-state index contributed by atoms with van der Waals surface area (Å²) in [6, 6.07) is 6.65. The van der Waals surface area contributed by atoms with Crippen LogP contribution in [0.15, 0.2) is 29.2 Å². The van der Waals surface area contributed by atoms with Crippen molar-refractivity contribution in [3.8, 4) is 0 Å². The zero-order valence-corrected chi connectivity index (χ0v) is 12.4. The van der Waals surface area contributed by atoms with E-state index in [1.165, 1.54) is 0 Å². The van der Waals surface area contributed by atoms with E-state index in [1.54, 1.807) is 24.3 Å². The molecule has 1 aliphatic heterocycles. The van der Waals surface area contributed by atoms with Crippen molar-refractivity contribution in [2.24, 2.45) is 0 Å². The normalized spacial score (nSPS) is 15.5. The van der Waals surface area contributed by atoms with Crippen molar-refractivity contribution >= 4 is 27.4 Å². The Bertz CT molecular complexity index is 549. The Labute approximate surface area is 119 Å². The molecule has 0 amide bonds. The lowest BCUT2D eigenvalue weighted by atomic mass is 10.2. The third-order valence-corrected chi connectivity index (χ3v) is 4.64. The first-order valence-electron chi connectivity index (χ1n) is 6.12. The van der Waals surface area contributed by atoms with E-state index in [9.17, 15) is 8.42 Å². The molecule has 1 saturated heterocycles. The van der Waals surface area contributed by atoms with Gasteiger partial charge in [-0.2, -0.15) is 0 Å². The van der Waals surface area contributed by atoms with Gasteiger partial charge >= 0.3 is 0 Å². The fraction of sp³-hybridized carbons (Fsp3) is 0.417. The third kappa shape index (κ3) is 3.65. The van der Waals surface area contributed by atoms with Crippen molar-refractivity contribution in [3.63, 3.8) is 0 Å². The summed E-state index contributed by atoms with van der Waals surface area (Å²) in [5.74, 6) is 0. The van der Waals surface area contributed by atoms with Gasteiger partial charge in [-0.25, -0.2) is 8.42 Å². The summed E-state index contributed by atoms with van der Waals surface area (Å²) in [6.45, 7) is 3.65. The van der Waals surface area contributed by atoms with Gasteiger partial charge in [0.15, 0.2) is 5.11 Å². The number of thiocarbonyl (C=S) groups is 1. The van der Waals surface area contributed by atoms with Crippen molar-refractivity contribution in [1.29, 1.82) is 0 Å². The maximum Gasteiger partial charge on any atom is 0.257 e. The Morgan fingerprint density at radius 1 is 1.21 bits per heavy atom. The second-order valence-electron chi connectivity index (χ2n) is 4.54. The highest BCUT2D eigenvalue weighted by atomic mass is 32.2. The molecular weight excluding hydrogens is 282 g/mol. The lowest BCUT2D eigenvalue weighted by Crippen LogP contribution is -2.47. The van der Waals surface area contributed by atoms with E-state index in [2.05, 4.69) is 10.3 Å². The van der Waals surface area contributed by atoms with Crippen molar-refractivity contribution in [1.82, 2.24) is 15.2 Å². The van der Waals surface area contributed by atoms with Gasteiger partial charge in [-0.15, -0.1) is 4.83 Å². The molecule has 2 N–H and O–H groups in total. The minimum atomic E-state index is -3.58. The number of nitrogens with zero attached hydrogens (tertiary/aromatic N) is 1. The second kappa shape index (κ2) is 5.85. The van der Waals surface area contributed by atoms with Crippen molar-refractivity contribution in [3.05, 3.63) is 29.8 Å². The molecule has 0 aliphatic carbocycles. The van der Waals surface area contributed by atoms with Crippen LogP contribution < -0.4 is 10.3 Å². The van der Waals surface area contributed by atoms with Crippen LogP contribution >= 0.6 is 12.2 Å². The predicted octanol–water partition coefficient (Wildman–Crippen LogP) is 1.16. The molecule has 1 fully saturated rings. The van der Waals surface area contributed by atoms with Crippen LogP contribution in [0.1, 0.15) is 18.4 Å². The average molecular weight is 299 g/mol. The number of nitrogens with one attached hydrogen (secondary N) is 2. The Morgan fingerprint density at radius 2 is 1.79 bits per heavy atom. The van der Waals surface area contributed by atoms with Crippen LogP contribution in [0.4, 0.5) is 0 Å². The van der Waals surface area contributed by atoms with E-state index in [4.69, 9.17) is 12.2 Å². The summed E-state index contributed by atoms with van der Waals surface area (Å²) in [7, 11) is -3.58. The van der Waals surface area contributed by atoms with Crippen LogP contribution in [0.5, 0.6) is 0 Å². The molecule has 104 valence electrons. The molecule has 0 spiro atoms. The number of sulfonamides is 1. The number of hydrazine groups is 1. The van der Waals surface area contributed by atoms with Gasteiger partial charge in [0.1, 0.15) is 0 Å². The zero-order valence-electron chi connectivity index (χ0n) is 10.7. The SMILES string of the molecule is Cc1ccc(S(=O)(=O)NNC(=S)N2CCCC2)cc1. The van der Waals surface area contributed by atoms with Gasteiger partial charge in [0, 0.05) is 13.1 Å². The highest BCUT2D eigenvalue weighted by molar-refractivity contribution is 7.89. The maximum absolute atomic E-state index is 12.0. The van der Waals surface area contributed by atoms with E-state index >= 15 is 0 Å². The summed E-state index contributed by atoms with van der Waals surface area (Å²) in [5.41, 5.74) is 3.61. The largest absolute Gasteiger partial charge is 0.348 e. The summed E-state index contributed by atoms with van der Waals surface area (Å²) in [6.07, 6.45) is 2.18. The van der Waals surface area contributed by atoms with Gasteiger partial charge in [-0.3, -0.25) is 5.43 Å². The number of hydrogen-bond donors (Lipinski definition) is 2. The number of likely N-dealkylation sites (tertiary alicyclic amines) is 1. The van der Waals surface area contributed by atoms with Crippen LogP contribution in [-0.4, -0.2) is 31.5 Å². The van der Waals surface area contributed by atoms with E-state index in [0.29, 0.717) is 5.11 Å². The second-order valence-corrected chi connectivity index (χ2v) is 6.61. The van der Waals surface area contributed by atoms with Gasteiger partial charge in [0.05, 0.1) is 4.90 Å². The van der Waals surface area contributed by atoms with Crippen LogP contribution in [0.3, 0.4) is 0 Å². The molecule has 0 saturated carbocycles. The minimum Gasteiger partial charge on any atom is -0.348 e. The van der Waals surface area contributed by atoms with Crippen LogP contribution in [-0.2, 0) is 10.0 Å². The van der Waals surface area contributed by atoms with Crippen molar-refractivity contribution in [2.45, 2.75) is 24.7 Å². The van der Waals surface area contributed by atoms with E-state index in [-0.39, 0.29) is 4.90 Å². The Hall–Kier alpha value is -1.18. The smallest absolute Gasteiger partial charge is 0.257 e. The maximum atomic E-state index is 12.0. The highest BCUT2D eigenvalue weighted by Crippen LogP contribution is 2.10. The first-order chi connectivity index (χ1) is 8.99. The highest BCUT2D eigenvalue weighted by Gasteiger charge is 2.18. The first-order valence-corrected chi connectivity index (χ1v) is 8.01. The lowest BCUT2D eigenvalue weighted by Gasteiger charge is -2.19. The summed E-state index contributed by atoms with van der Waals surface area (Å²) in [4.78, 5) is 4.48. The predicted molar refractivity (Wildman–Crippen MR) is 78.0 cm³/mol. The molecule has 0 aromatic heterocycles. The van der Waals surface area contributed by atoms with Crippen molar-refractivity contribution < 1.29 is 8.42 Å². The molecule has 19 heavy (non-hydrogen) atoms. The molecule has 1 aromatic carbocycles. The Morgan fingerprint density at radius 3 is 2.37 bits per heavy atom. The monoisotopic (exact) mass is 299 g/mol. The van der Waals surface area contributed by atoms with E-state index in [1.807, 2.05) is 11.8 Å². The quantitative estimate of drug-likeness (QED) is 0.648.